The van der Waals surface area contributed by atoms with E-state index in [1.807, 2.05) is 35.6 Å². The summed E-state index contributed by atoms with van der Waals surface area (Å²) in [6.07, 6.45) is 9.49. The second kappa shape index (κ2) is 10.8. The van der Waals surface area contributed by atoms with Crippen molar-refractivity contribution in [3.8, 4) is 27.3 Å². The normalized spacial score (nSPS) is 11.1. The number of thiophene rings is 1. The van der Waals surface area contributed by atoms with Crippen LogP contribution in [0.2, 0.25) is 0 Å². The molecule has 0 unspecified atom stereocenters. The Bertz CT molecular complexity index is 934. The smallest absolute Gasteiger partial charge is 0.335 e. The molecule has 1 heterocycles. The van der Waals surface area contributed by atoms with Gasteiger partial charge in [0.15, 0.2) is 0 Å². The second-order valence-corrected chi connectivity index (χ2v) is 8.27. The number of benzene rings is 2. The SMILES string of the molecule is CC=CC(=O)Oc1ccc(-c2ccc(-c3ccc(CCCCCC)s3)cc2)cc1. The summed E-state index contributed by atoms with van der Waals surface area (Å²) in [5.74, 6) is 0.198. The third kappa shape index (κ3) is 6.16. The number of hydrogen-bond acceptors (Lipinski definition) is 3. The minimum Gasteiger partial charge on any atom is -0.423 e. The van der Waals surface area contributed by atoms with Gasteiger partial charge >= 0.3 is 5.97 Å². The highest BCUT2D eigenvalue weighted by molar-refractivity contribution is 7.15. The summed E-state index contributed by atoms with van der Waals surface area (Å²) < 4.78 is 5.24. The van der Waals surface area contributed by atoms with Crippen molar-refractivity contribution in [1.82, 2.24) is 0 Å². The van der Waals surface area contributed by atoms with Gasteiger partial charge < -0.3 is 4.74 Å². The number of carbonyl (C=O) groups excluding carboxylic acids is 1. The van der Waals surface area contributed by atoms with E-state index < -0.39 is 0 Å². The quantitative estimate of drug-likeness (QED) is 0.158. The predicted molar refractivity (Wildman–Crippen MR) is 123 cm³/mol. The minimum atomic E-state index is -0.356. The maximum Gasteiger partial charge on any atom is 0.335 e. The molecule has 150 valence electrons. The molecule has 0 aliphatic carbocycles. The second-order valence-electron chi connectivity index (χ2n) is 7.10. The maximum absolute atomic E-state index is 11.5. The summed E-state index contributed by atoms with van der Waals surface area (Å²) in [5, 5.41) is 0. The van der Waals surface area contributed by atoms with Crippen molar-refractivity contribution in [3.63, 3.8) is 0 Å². The van der Waals surface area contributed by atoms with Gasteiger partial charge in [-0.1, -0.05) is 68.7 Å². The third-order valence-electron chi connectivity index (χ3n) is 4.82. The number of ether oxygens (including phenoxy) is 1. The number of carbonyl (C=O) groups is 1. The van der Waals surface area contributed by atoms with E-state index in [0.29, 0.717) is 5.75 Å². The number of esters is 1. The van der Waals surface area contributed by atoms with Gasteiger partial charge in [-0.25, -0.2) is 4.79 Å². The Kier molecular flexibility index (Phi) is 7.83. The van der Waals surface area contributed by atoms with Crippen LogP contribution in [-0.4, -0.2) is 5.97 Å². The Hall–Kier alpha value is -2.65. The fourth-order valence-electron chi connectivity index (χ4n) is 3.22. The fraction of sp³-hybridized carbons (Fsp3) is 0.269. The lowest BCUT2D eigenvalue weighted by molar-refractivity contribution is -0.129. The average molecular weight is 405 g/mol. The van der Waals surface area contributed by atoms with Crippen LogP contribution in [0.5, 0.6) is 5.75 Å². The molecule has 0 bridgehead atoms. The van der Waals surface area contributed by atoms with Crippen LogP contribution in [0.25, 0.3) is 21.6 Å². The summed E-state index contributed by atoms with van der Waals surface area (Å²) in [6.45, 7) is 4.04. The minimum absolute atomic E-state index is 0.356. The fourth-order valence-corrected chi connectivity index (χ4v) is 4.28. The maximum atomic E-state index is 11.5. The van der Waals surface area contributed by atoms with Gasteiger partial charge in [-0.3, -0.25) is 0 Å². The van der Waals surface area contributed by atoms with Crippen molar-refractivity contribution in [1.29, 1.82) is 0 Å². The number of unbranched alkanes of at least 4 members (excludes halogenated alkanes) is 3. The van der Waals surface area contributed by atoms with Gasteiger partial charge in [0.05, 0.1) is 0 Å². The highest BCUT2D eigenvalue weighted by Crippen LogP contribution is 2.31. The Morgan fingerprint density at radius 2 is 1.52 bits per heavy atom. The van der Waals surface area contributed by atoms with E-state index in [2.05, 4.69) is 43.3 Å². The van der Waals surface area contributed by atoms with Crippen LogP contribution in [0.4, 0.5) is 0 Å². The summed E-state index contributed by atoms with van der Waals surface area (Å²) in [4.78, 5) is 14.3. The Balaban J connectivity index is 1.63. The van der Waals surface area contributed by atoms with Crippen LogP contribution >= 0.6 is 11.3 Å². The summed E-state index contributed by atoms with van der Waals surface area (Å²) in [5.41, 5.74) is 3.51. The third-order valence-corrected chi connectivity index (χ3v) is 6.01. The van der Waals surface area contributed by atoms with Gasteiger partial charge in [0.25, 0.3) is 0 Å². The van der Waals surface area contributed by atoms with E-state index in [1.165, 1.54) is 53.5 Å². The molecule has 0 aliphatic rings. The van der Waals surface area contributed by atoms with Crippen LogP contribution < -0.4 is 4.74 Å². The summed E-state index contributed by atoms with van der Waals surface area (Å²) >= 11 is 1.90. The zero-order valence-electron chi connectivity index (χ0n) is 17.2. The molecule has 1 aromatic heterocycles. The van der Waals surface area contributed by atoms with Gasteiger partial charge in [0.1, 0.15) is 5.75 Å². The monoisotopic (exact) mass is 404 g/mol. The van der Waals surface area contributed by atoms with Gasteiger partial charge in [-0.2, -0.15) is 0 Å². The molecule has 0 radical (unpaired) electrons. The van der Waals surface area contributed by atoms with Crippen LogP contribution in [0.3, 0.4) is 0 Å². The van der Waals surface area contributed by atoms with E-state index in [9.17, 15) is 4.79 Å². The molecule has 2 aromatic carbocycles. The molecule has 0 saturated carbocycles. The molecule has 0 amide bonds. The van der Waals surface area contributed by atoms with Crippen LogP contribution in [0.15, 0.2) is 72.8 Å². The van der Waals surface area contributed by atoms with Gasteiger partial charge in [0.2, 0.25) is 0 Å². The standard InChI is InChI=1S/C26H28O2S/c1-3-5-6-7-9-24-18-19-25(29-24)22-12-10-20(11-13-22)21-14-16-23(17-15-21)28-26(27)8-4-2/h4,8,10-19H,3,5-7,9H2,1-2H3. The van der Waals surface area contributed by atoms with Gasteiger partial charge in [-0.15, -0.1) is 11.3 Å². The van der Waals surface area contributed by atoms with Crippen molar-refractivity contribution in [2.45, 2.75) is 46.0 Å². The Labute approximate surface area is 177 Å². The molecule has 3 rings (SSSR count). The number of rotatable bonds is 9. The molecule has 0 aliphatic heterocycles. The Morgan fingerprint density at radius 1 is 0.862 bits per heavy atom. The lowest BCUT2D eigenvalue weighted by Crippen LogP contribution is -2.03. The highest BCUT2D eigenvalue weighted by atomic mass is 32.1. The highest BCUT2D eigenvalue weighted by Gasteiger charge is 2.05. The lowest BCUT2D eigenvalue weighted by Gasteiger charge is -2.06. The van der Waals surface area contributed by atoms with E-state index in [-0.39, 0.29) is 5.97 Å². The van der Waals surface area contributed by atoms with Crippen LogP contribution in [0.1, 0.15) is 44.4 Å². The molecular formula is C26H28O2S. The summed E-state index contributed by atoms with van der Waals surface area (Å²) in [7, 11) is 0. The number of aryl methyl sites for hydroxylation is 1. The molecule has 0 atom stereocenters. The van der Waals surface area contributed by atoms with E-state index in [1.54, 1.807) is 13.0 Å². The van der Waals surface area contributed by atoms with E-state index in [4.69, 9.17) is 4.74 Å². The van der Waals surface area contributed by atoms with Crippen molar-refractivity contribution in [3.05, 3.63) is 77.7 Å². The van der Waals surface area contributed by atoms with Crippen LogP contribution in [0, 0.1) is 0 Å². The molecule has 3 aromatic rings. The molecule has 3 heteroatoms. The molecular weight excluding hydrogens is 376 g/mol. The topological polar surface area (TPSA) is 26.3 Å². The molecule has 0 fully saturated rings. The largest absolute Gasteiger partial charge is 0.423 e. The first kappa shape index (κ1) is 21.1. The number of hydrogen-bond donors (Lipinski definition) is 0. The van der Waals surface area contributed by atoms with E-state index in [0.717, 1.165) is 11.1 Å². The van der Waals surface area contributed by atoms with Crippen molar-refractivity contribution in [2.24, 2.45) is 0 Å². The van der Waals surface area contributed by atoms with Gasteiger partial charge in [-0.05, 0) is 60.7 Å². The zero-order chi connectivity index (χ0) is 20.5. The molecule has 0 spiro atoms. The lowest BCUT2D eigenvalue weighted by atomic mass is 10.0. The first-order valence-corrected chi connectivity index (χ1v) is 11.2. The van der Waals surface area contributed by atoms with Crippen molar-refractivity contribution in [2.75, 3.05) is 0 Å². The van der Waals surface area contributed by atoms with E-state index >= 15 is 0 Å². The van der Waals surface area contributed by atoms with Crippen molar-refractivity contribution < 1.29 is 9.53 Å². The van der Waals surface area contributed by atoms with Crippen molar-refractivity contribution >= 4 is 17.3 Å². The first-order chi connectivity index (χ1) is 14.2. The predicted octanol–water partition coefficient (Wildman–Crippen LogP) is 7.69. The molecule has 0 N–H and O–H groups in total. The first-order valence-electron chi connectivity index (χ1n) is 10.3. The zero-order valence-corrected chi connectivity index (χ0v) is 18.0. The van der Waals surface area contributed by atoms with Gasteiger partial charge in [0, 0.05) is 15.8 Å². The molecule has 29 heavy (non-hydrogen) atoms. The number of allylic oxidation sites excluding steroid dienone is 1. The van der Waals surface area contributed by atoms with Crippen LogP contribution in [-0.2, 0) is 11.2 Å². The molecule has 2 nitrogen and oxygen atoms in total. The average Bonchev–Trinajstić information content (AvgIpc) is 3.21. The molecule has 0 saturated heterocycles. The summed E-state index contributed by atoms with van der Waals surface area (Å²) in [6, 6.07) is 20.8. The Morgan fingerprint density at radius 3 is 2.17 bits per heavy atom.